The van der Waals surface area contributed by atoms with Gasteiger partial charge in [0.25, 0.3) is 10.0 Å². The van der Waals surface area contributed by atoms with E-state index < -0.39 is 10.0 Å². The SMILES string of the molecule is C[C@H]1Cc2ccccc2N1C(=O)CCc1ccc(S(=O)(=O)N2CCCc3ccccc32)cc1. The molecular weight excluding hydrogens is 432 g/mol. The molecule has 5 nitrogen and oxygen atoms in total. The van der Waals surface area contributed by atoms with Crippen LogP contribution in [0.15, 0.2) is 77.7 Å². The highest BCUT2D eigenvalue weighted by molar-refractivity contribution is 7.92. The summed E-state index contributed by atoms with van der Waals surface area (Å²) in [5.74, 6) is 0.106. The van der Waals surface area contributed by atoms with Gasteiger partial charge in [-0.15, -0.1) is 0 Å². The van der Waals surface area contributed by atoms with Gasteiger partial charge in [0.05, 0.1) is 10.6 Å². The van der Waals surface area contributed by atoms with Gasteiger partial charge in [-0.3, -0.25) is 9.10 Å². The summed E-state index contributed by atoms with van der Waals surface area (Å²) in [6.45, 7) is 2.57. The largest absolute Gasteiger partial charge is 0.309 e. The zero-order valence-electron chi connectivity index (χ0n) is 18.8. The summed E-state index contributed by atoms with van der Waals surface area (Å²) in [5.41, 5.74) is 5.03. The van der Waals surface area contributed by atoms with E-state index in [0.29, 0.717) is 19.4 Å². The maximum Gasteiger partial charge on any atom is 0.264 e. The van der Waals surface area contributed by atoms with Crippen LogP contribution in [0.2, 0.25) is 0 Å². The number of hydrogen-bond donors (Lipinski definition) is 0. The maximum atomic E-state index is 13.3. The van der Waals surface area contributed by atoms with Gasteiger partial charge in [0.15, 0.2) is 0 Å². The first-order valence-electron chi connectivity index (χ1n) is 11.5. The minimum Gasteiger partial charge on any atom is -0.309 e. The van der Waals surface area contributed by atoms with Crippen molar-refractivity contribution in [1.82, 2.24) is 0 Å². The molecular formula is C27H28N2O3S. The molecule has 3 aromatic carbocycles. The molecule has 0 unspecified atom stereocenters. The smallest absolute Gasteiger partial charge is 0.264 e. The van der Waals surface area contributed by atoms with E-state index in [1.165, 1.54) is 9.87 Å². The summed E-state index contributed by atoms with van der Waals surface area (Å²) in [6.07, 6.45) is 3.57. The summed E-state index contributed by atoms with van der Waals surface area (Å²) < 4.78 is 28.2. The molecule has 2 aliphatic rings. The van der Waals surface area contributed by atoms with Crippen molar-refractivity contribution >= 4 is 27.3 Å². The molecule has 0 saturated heterocycles. The van der Waals surface area contributed by atoms with Crippen LogP contribution in [-0.4, -0.2) is 26.9 Å². The number of amides is 1. The number of para-hydroxylation sites is 2. The van der Waals surface area contributed by atoms with Gasteiger partial charge in [-0.05, 0) is 73.6 Å². The van der Waals surface area contributed by atoms with Crippen molar-refractivity contribution in [2.24, 2.45) is 0 Å². The molecule has 5 rings (SSSR count). The van der Waals surface area contributed by atoms with Gasteiger partial charge < -0.3 is 4.90 Å². The molecule has 0 aromatic heterocycles. The van der Waals surface area contributed by atoms with Gasteiger partial charge in [-0.1, -0.05) is 48.5 Å². The normalized spacial score (nSPS) is 17.5. The van der Waals surface area contributed by atoms with Gasteiger partial charge in [-0.25, -0.2) is 8.42 Å². The third-order valence-electron chi connectivity index (χ3n) is 6.68. The molecule has 0 aliphatic carbocycles. The number of carbonyl (C=O) groups excluding carboxylic acids is 1. The second-order valence-electron chi connectivity index (χ2n) is 8.90. The Kier molecular flexibility index (Phi) is 5.71. The van der Waals surface area contributed by atoms with Crippen molar-refractivity contribution in [3.05, 3.63) is 89.5 Å². The van der Waals surface area contributed by atoms with E-state index in [0.717, 1.165) is 41.8 Å². The fourth-order valence-corrected chi connectivity index (χ4v) is 6.56. The van der Waals surface area contributed by atoms with E-state index in [4.69, 9.17) is 0 Å². The van der Waals surface area contributed by atoms with Crippen LogP contribution in [0, 0.1) is 0 Å². The number of benzene rings is 3. The van der Waals surface area contributed by atoms with Crippen LogP contribution in [0.4, 0.5) is 11.4 Å². The Hall–Kier alpha value is -3.12. The lowest BCUT2D eigenvalue weighted by Gasteiger charge is -2.30. The molecule has 0 saturated carbocycles. The predicted molar refractivity (Wildman–Crippen MR) is 131 cm³/mol. The second-order valence-corrected chi connectivity index (χ2v) is 10.8. The maximum absolute atomic E-state index is 13.3. The molecule has 2 heterocycles. The Morgan fingerprint density at radius 3 is 2.33 bits per heavy atom. The summed E-state index contributed by atoms with van der Waals surface area (Å²) in [7, 11) is -3.62. The molecule has 2 aliphatic heterocycles. The molecule has 0 radical (unpaired) electrons. The Bertz CT molecular complexity index is 1280. The Morgan fingerprint density at radius 2 is 1.58 bits per heavy atom. The number of fused-ring (bicyclic) bond motifs is 2. The molecule has 0 N–H and O–H groups in total. The second kappa shape index (κ2) is 8.67. The van der Waals surface area contributed by atoms with Crippen LogP contribution >= 0.6 is 0 Å². The van der Waals surface area contributed by atoms with E-state index in [9.17, 15) is 13.2 Å². The molecule has 0 bridgehead atoms. The number of nitrogens with zero attached hydrogens (tertiary/aromatic N) is 2. The Morgan fingerprint density at radius 1 is 0.909 bits per heavy atom. The molecule has 170 valence electrons. The van der Waals surface area contributed by atoms with E-state index in [2.05, 4.69) is 13.0 Å². The standard InChI is InChI=1S/C27H28N2O3S/c1-20-19-23-8-3-5-11-26(23)29(20)27(30)17-14-21-12-15-24(16-13-21)33(31,32)28-18-6-9-22-7-2-4-10-25(22)28/h2-5,7-8,10-13,15-16,20H,6,9,14,17-19H2,1H3/t20-/m0/s1. The lowest BCUT2D eigenvalue weighted by molar-refractivity contribution is -0.118. The van der Waals surface area contributed by atoms with E-state index in [-0.39, 0.29) is 16.8 Å². The van der Waals surface area contributed by atoms with Crippen molar-refractivity contribution in [2.75, 3.05) is 15.7 Å². The van der Waals surface area contributed by atoms with Crippen molar-refractivity contribution < 1.29 is 13.2 Å². The lowest BCUT2D eigenvalue weighted by Crippen LogP contribution is -2.36. The van der Waals surface area contributed by atoms with Crippen LogP contribution in [0.5, 0.6) is 0 Å². The highest BCUT2D eigenvalue weighted by Gasteiger charge is 2.31. The number of rotatable bonds is 5. The van der Waals surface area contributed by atoms with Crippen molar-refractivity contribution in [3.63, 3.8) is 0 Å². The third-order valence-corrected chi connectivity index (χ3v) is 8.51. The first-order valence-corrected chi connectivity index (χ1v) is 13.0. The molecule has 3 aromatic rings. The molecule has 1 atom stereocenters. The summed E-state index contributed by atoms with van der Waals surface area (Å²) in [5, 5.41) is 0. The van der Waals surface area contributed by atoms with Gasteiger partial charge in [0.2, 0.25) is 5.91 Å². The van der Waals surface area contributed by atoms with Crippen LogP contribution < -0.4 is 9.21 Å². The van der Waals surface area contributed by atoms with Crippen molar-refractivity contribution in [3.8, 4) is 0 Å². The Balaban J connectivity index is 1.28. The van der Waals surface area contributed by atoms with Crippen LogP contribution in [0.25, 0.3) is 0 Å². The number of carbonyl (C=O) groups is 1. The molecule has 6 heteroatoms. The molecule has 0 spiro atoms. The van der Waals surface area contributed by atoms with Crippen LogP contribution in [0.1, 0.15) is 36.5 Å². The average Bonchev–Trinajstić information content (AvgIpc) is 3.18. The van der Waals surface area contributed by atoms with E-state index >= 15 is 0 Å². The fraction of sp³-hybridized carbons (Fsp3) is 0.296. The summed E-state index contributed by atoms with van der Waals surface area (Å²) in [4.78, 5) is 15.2. The molecule has 0 fully saturated rings. The fourth-order valence-electron chi connectivity index (χ4n) is 5.02. The minimum atomic E-state index is -3.62. The topological polar surface area (TPSA) is 57.7 Å². The highest BCUT2D eigenvalue weighted by Crippen LogP contribution is 2.33. The molecule has 33 heavy (non-hydrogen) atoms. The van der Waals surface area contributed by atoms with E-state index in [1.54, 1.807) is 12.1 Å². The van der Waals surface area contributed by atoms with Crippen molar-refractivity contribution in [2.45, 2.75) is 50.0 Å². The predicted octanol–water partition coefficient (Wildman–Crippen LogP) is 4.74. The zero-order chi connectivity index (χ0) is 23.0. The van der Waals surface area contributed by atoms with Crippen molar-refractivity contribution in [1.29, 1.82) is 0 Å². The lowest BCUT2D eigenvalue weighted by atomic mass is 10.0. The molecule has 1 amide bonds. The monoisotopic (exact) mass is 460 g/mol. The number of aryl methyl sites for hydroxylation is 2. The Labute approximate surface area is 195 Å². The van der Waals surface area contributed by atoms with Gasteiger partial charge >= 0.3 is 0 Å². The first-order chi connectivity index (χ1) is 15.9. The van der Waals surface area contributed by atoms with Gasteiger partial charge in [-0.2, -0.15) is 0 Å². The van der Waals surface area contributed by atoms with Crippen LogP contribution in [-0.2, 0) is 34.1 Å². The van der Waals surface area contributed by atoms with Gasteiger partial charge in [0, 0.05) is 24.7 Å². The minimum absolute atomic E-state index is 0.106. The summed E-state index contributed by atoms with van der Waals surface area (Å²) >= 11 is 0. The number of anilines is 2. The third kappa shape index (κ3) is 4.04. The number of hydrogen-bond acceptors (Lipinski definition) is 3. The summed E-state index contributed by atoms with van der Waals surface area (Å²) in [6, 6.07) is 22.9. The highest BCUT2D eigenvalue weighted by atomic mass is 32.2. The zero-order valence-corrected chi connectivity index (χ0v) is 19.6. The van der Waals surface area contributed by atoms with E-state index in [1.807, 2.05) is 59.5 Å². The number of sulfonamides is 1. The van der Waals surface area contributed by atoms with Gasteiger partial charge in [0.1, 0.15) is 0 Å². The van der Waals surface area contributed by atoms with Crippen LogP contribution in [0.3, 0.4) is 0 Å². The average molecular weight is 461 g/mol. The quantitative estimate of drug-likeness (QED) is 0.553. The first kappa shape index (κ1) is 21.7.